The van der Waals surface area contributed by atoms with Crippen molar-refractivity contribution in [2.75, 3.05) is 13.9 Å². The molecule has 0 aromatic carbocycles. The van der Waals surface area contributed by atoms with Crippen LogP contribution >= 0.6 is 0 Å². The molecule has 8 atom stereocenters. The van der Waals surface area contributed by atoms with Crippen LogP contribution in [0, 0.1) is 40.4 Å². The molecule has 0 radical (unpaired) electrons. The van der Waals surface area contributed by atoms with Crippen molar-refractivity contribution in [1.29, 1.82) is 0 Å². The van der Waals surface area contributed by atoms with Crippen LogP contribution in [0.15, 0.2) is 11.6 Å². The first-order valence-electron chi connectivity index (χ1n) is 11.2. The van der Waals surface area contributed by atoms with Crippen LogP contribution in [0.25, 0.3) is 0 Å². The van der Waals surface area contributed by atoms with Crippen molar-refractivity contribution >= 4 is 6.29 Å². The molecule has 152 valence electrons. The molecule has 4 rings (SSSR count). The SMILES string of the molecule is COCO[C@H]1CCCC2=CC[C@H]3[C@@H]4CC[C@H]([C@H](C)C=O)[C@@]4(C)CC[C@@H]3[C@]21C. The standard InChI is InChI=1S/C24H38O3/c1-16(14-25)19-10-11-20-18-9-8-17-6-5-7-22(27-15-26-4)24(17,3)21(18)12-13-23(19,20)2/h8,14,16,18-22H,5-7,9-13,15H2,1-4H3/t16-,18+,19-,20+,21+,22+,23-,24+/m1/s1. The minimum atomic E-state index is 0.176. The van der Waals surface area contributed by atoms with Gasteiger partial charge >= 0.3 is 0 Å². The van der Waals surface area contributed by atoms with Crippen molar-refractivity contribution in [1.82, 2.24) is 0 Å². The fourth-order valence-electron chi connectivity index (χ4n) is 8.10. The van der Waals surface area contributed by atoms with E-state index in [-0.39, 0.29) is 11.3 Å². The third-order valence-corrected chi connectivity index (χ3v) is 9.43. The van der Waals surface area contributed by atoms with Crippen molar-refractivity contribution in [3.8, 4) is 0 Å². The maximum absolute atomic E-state index is 11.5. The Morgan fingerprint density at radius 1 is 1.22 bits per heavy atom. The van der Waals surface area contributed by atoms with Gasteiger partial charge in [-0.1, -0.05) is 32.4 Å². The van der Waals surface area contributed by atoms with E-state index >= 15 is 0 Å². The van der Waals surface area contributed by atoms with Crippen molar-refractivity contribution in [2.24, 2.45) is 40.4 Å². The van der Waals surface area contributed by atoms with Gasteiger partial charge < -0.3 is 14.3 Å². The van der Waals surface area contributed by atoms with Crippen LogP contribution in [-0.2, 0) is 14.3 Å². The lowest BCUT2D eigenvalue weighted by Gasteiger charge is -2.59. The zero-order valence-corrected chi connectivity index (χ0v) is 17.7. The summed E-state index contributed by atoms with van der Waals surface area (Å²) in [5.74, 6) is 3.03. The van der Waals surface area contributed by atoms with E-state index in [4.69, 9.17) is 9.47 Å². The average Bonchev–Trinajstić information content (AvgIpc) is 3.02. The summed E-state index contributed by atoms with van der Waals surface area (Å²) >= 11 is 0. The minimum absolute atomic E-state index is 0.176. The number of rotatable bonds is 5. The van der Waals surface area contributed by atoms with E-state index in [1.54, 1.807) is 12.7 Å². The van der Waals surface area contributed by atoms with Gasteiger partial charge in [0.25, 0.3) is 0 Å². The van der Waals surface area contributed by atoms with Crippen LogP contribution in [-0.4, -0.2) is 26.3 Å². The molecule has 3 fully saturated rings. The molecule has 0 amide bonds. The van der Waals surface area contributed by atoms with Crippen molar-refractivity contribution in [3.63, 3.8) is 0 Å². The zero-order chi connectivity index (χ0) is 19.2. The number of allylic oxidation sites excluding steroid dienone is 1. The second kappa shape index (κ2) is 7.30. The van der Waals surface area contributed by atoms with Crippen LogP contribution in [0.4, 0.5) is 0 Å². The highest BCUT2D eigenvalue weighted by Gasteiger charge is 2.60. The highest BCUT2D eigenvalue weighted by atomic mass is 16.7. The number of aldehydes is 1. The molecule has 0 spiro atoms. The first-order valence-corrected chi connectivity index (χ1v) is 11.2. The van der Waals surface area contributed by atoms with Crippen molar-refractivity contribution in [3.05, 3.63) is 11.6 Å². The van der Waals surface area contributed by atoms with Crippen molar-refractivity contribution in [2.45, 2.75) is 78.2 Å². The first-order chi connectivity index (χ1) is 13.0. The summed E-state index contributed by atoms with van der Waals surface area (Å²) in [6.07, 6.45) is 14.1. The molecule has 3 saturated carbocycles. The van der Waals surface area contributed by atoms with E-state index in [0.29, 0.717) is 24.2 Å². The largest absolute Gasteiger partial charge is 0.359 e. The Kier molecular flexibility index (Phi) is 5.31. The normalized spacial score (nSPS) is 47.4. The predicted octanol–water partition coefficient (Wildman–Crippen LogP) is 5.39. The predicted molar refractivity (Wildman–Crippen MR) is 107 cm³/mol. The zero-order valence-electron chi connectivity index (χ0n) is 17.7. The Labute approximate surface area is 165 Å². The van der Waals surface area contributed by atoms with Gasteiger partial charge in [0.1, 0.15) is 13.1 Å². The van der Waals surface area contributed by atoms with Crippen LogP contribution in [0.5, 0.6) is 0 Å². The number of carbonyl (C=O) groups is 1. The Balaban J connectivity index is 1.64. The summed E-state index contributed by atoms with van der Waals surface area (Å²) in [5.41, 5.74) is 2.19. The summed E-state index contributed by atoms with van der Waals surface area (Å²) in [4.78, 5) is 11.5. The minimum Gasteiger partial charge on any atom is -0.359 e. The first kappa shape index (κ1) is 19.6. The molecular weight excluding hydrogens is 336 g/mol. The van der Waals surface area contributed by atoms with E-state index < -0.39 is 0 Å². The Morgan fingerprint density at radius 3 is 2.78 bits per heavy atom. The smallest absolute Gasteiger partial charge is 0.146 e. The lowest BCUT2D eigenvalue weighted by Crippen LogP contribution is -2.55. The molecule has 0 bridgehead atoms. The monoisotopic (exact) mass is 374 g/mol. The fraction of sp³-hybridized carbons (Fsp3) is 0.875. The van der Waals surface area contributed by atoms with Gasteiger partial charge in [-0.3, -0.25) is 0 Å². The summed E-state index contributed by atoms with van der Waals surface area (Å²) in [7, 11) is 1.73. The molecule has 27 heavy (non-hydrogen) atoms. The van der Waals surface area contributed by atoms with E-state index in [0.717, 1.165) is 24.2 Å². The van der Waals surface area contributed by atoms with E-state index in [2.05, 4.69) is 26.8 Å². The second-order valence-electron chi connectivity index (χ2n) is 10.3. The molecule has 4 aliphatic carbocycles. The molecule has 4 aliphatic rings. The summed E-state index contributed by atoms with van der Waals surface area (Å²) in [6.45, 7) is 7.56. The molecule has 3 nitrogen and oxygen atoms in total. The quantitative estimate of drug-likeness (QED) is 0.368. The highest BCUT2D eigenvalue weighted by Crippen LogP contribution is 2.67. The maximum atomic E-state index is 11.5. The fourth-order valence-corrected chi connectivity index (χ4v) is 8.10. The molecule has 0 heterocycles. The molecular formula is C24H38O3. The Morgan fingerprint density at radius 2 is 2.04 bits per heavy atom. The molecule has 0 saturated heterocycles. The Bertz CT molecular complexity index is 598. The van der Waals surface area contributed by atoms with Crippen molar-refractivity contribution < 1.29 is 14.3 Å². The van der Waals surface area contributed by atoms with Gasteiger partial charge in [0.2, 0.25) is 0 Å². The molecule has 0 aromatic heterocycles. The molecule has 3 heteroatoms. The third-order valence-electron chi connectivity index (χ3n) is 9.43. The van der Waals surface area contributed by atoms with Crippen LogP contribution in [0.1, 0.15) is 72.1 Å². The number of methoxy groups -OCH3 is 1. The third kappa shape index (κ3) is 2.87. The maximum Gasteiger partial charge on any atom is 0.146 e. The molecule has 0 unspecified atom stereocenters. The number of carbonyl (C=O) groups excluding carboxylic acids is 1. The van der Waals surface area contributed by atoms with Gasteiger partial charge in [0.15, 0.2) is 0 Å². The van der Waals surface area contributed by atoms with Crippen LogP contribution < -0.4 is 0 Å². The average molecular weight is 375 g/mol. The van der Waals surface area contributed by atoms with Gasteiger partial charge in [-0.25, -0.2) is 0 Å². The van der Waals surface area contributed by atoms with E-state index in [1.165, 1.54) is 51.2 Å². The number of hydrogen-bond acceptors (Lipinski definition) is 3. The van der Waals surface area contributed by atoms with Gasteiger partial charge in [-0.2, -0.15) is 0 Å². The van der Waals surface area contributed by atoms with Crippen LogP contribution in [0.3, 0.4) is 0 Å². The lowest BCUT2D eigenvalue weighted by atomic mass is 9.46. The summed E-state index contributed by atoms with van der Waals surface area (Å²) < 4.78 is 11.5. The van der Waals surface area contributed by atoms with Gasteiger partial charge in [0, 0.05) is 18.4 Å². The number of ether oxygens (including phenoxy) is 2. The number of fused-ring (bicyclic) bond motifs is 5. The van der Waals surface area contributed by atoms with Gasteiger partial charge in [-0.15, -0.1) is 0 Å². The summed E-state index contributed by atoms with van der Waals surface area (Å²) in [5, 5.41) is 0. The molecule has 0 N–H and O–H groups in total. The highest BCUT2D eigenvalue weighted by molar-refractivity contribution is 5.53. The molecule has 0 aromatic rings. The van der Waals surface area contributed by atoms with E-state index in [9.17, 15) is 4.79 Å². The van der Waals surface area contributed by atoms with Crippen LogP contribution in [0.2, 0.25) is 0 Å². The van der Waals surface area contributed by atoms with E-state index in [1.807, 2.05) is 0 Å². The number of hydrogen-bond donors (Lipinski definition) is 0. The second-order valence-corrected chi connectivity index (χ2v) is 10.3. The lowest BCUT2D eigenvalue weighted by molar-refractivity contribution is -0.154. The molecule has 0 aliphatic heterocycles. The Hall–Kier alpha value is -0.670. The summed E-state index contributed by atoms with van der Waals surface area (Å²) in [6, 6.07) is 0. The van der Waals surface area contributed by atoms with Gasteiger partial charge in [-0.05, 0) is 80.5 Å². The topological polar surface area (TPSA) is 35.5 Å². The van der Waals surface area contributed by atoms with Gasteiger partial charge in [0.05, 0.1) is 6.10 Å².